The Morgan fingerprint density at radius 1 is 1.17 bits per heavy atom. The number of pyridine rings is 1. The molecular formula is C15H18N2O. The van der Waals surface area contributed by atoms with Crippen LogP contribution in [0.15, 0.2) is 36.5 Å². The van der Waals surface area contributed by atoms with Crippen molar-refractivity contribution in [3.05, 3.63) is 53.2 Å². The third kappa shape index (κ3) is 2.51. The summed E-state index contributed by atoms with van der Waals surface area (Å²) in [5.41, 5.74) is 9.15. The van der Waals surface area contributed by atoms with Crippen molar-refractivity contribution in [2.24, 2.45) is 5.73 Å². The molecule has 2 rings (SSSR count). The van der Waals surface area contributed by atoms with Crippen LogP contribution in [0.2, 0.25) is 0 Å². The van der Waals surface area contributed by atoms with E-state index in [2.05, 4.69) is 18.0 Å². The molecule has 1 atom stereocenters. The van der Waals surface area contributed by atoms with Gasteiger partial charge in [0.2, 0.25) is 5.88 Å². The van der Waals surface area contributed by atoms with Crippen LogP contribution >= 0.6 is 0 Å². The van der Waals surface area contributed by atoms with Crippen LogP contribution < -0.4 is 10.5 Å². The lowest BCUT2D eigenvalue weighted by Gasteiger charge is -2.14. The van der Waals surface area contributed by atoms with Gasteiger partial charge in [-0.15, -0.1) is 0 Å². The molecule has 2 N–H and O–H groups in total. The Bertz CT molecular complexity index is 550. The number of benzene rings is 1. The molecule has 0 bridgehead atoms. The lowest BCUT2D eigenvalue weighted by atomic mass is 10.1. The number of aryl methyl sites for hydroxylation is 1. The number of nitrogens with two attached hydrogens (primary N) is 1. The molecule has 3 nitrogen and oxygen atoms in total. The molecule has 94 valence electrons. The molecule has 1 aromatic carbocycles. The Labute approximate surface area is 108 Å². The van der Waals surface area contributed by atoms with Gasteiger partial charge >= 0.3 is 0 Å². The molecule has 0 saturated heterocycles. The van der Waals surface area contributed by atoms with Crippen LogP contribution in [0.1, 0.15) is 29.7 Å². The van der Waals surface area contributed by atoms with Crippen molar-refractivity contribution in [3.8, 4) is 11.6 Å². The summed E-state index contributed by atoms with van der Waals surface area (Å²) < 4.78 is 5.89. The molecule has 1 heterocycles. The van der Waals surface area contributed by atoms with Crippen molar-refractivity contribution in [2.45, 2.75) is 26.8 Å². The van der Waals surface area contributed by atoms with Gasteiger partial charge in [-0.3, -0.25) is 0 Å². The number of hydrogen-bond donors (Lipinski definition) is 1. The monoisotopic (exact) mass is 242 g/mol. The van der Waals surface area contributed by atoms with E-state index in [0.717, 1.165) is 16.9 Å². The predicted molar refractivity (Wildman–Crippen MR) is 72.8 cm³/mol. The zero-order chi connectivity index (χ0) is 13.1. The van der Waals surface area contributed by atoms with Crippen molar-refractivity contribution < 1.29 is 4.74 Å². The van der Waals surface area contributed by atoms with E-state index < -0.39 is 0 Å². The topological polar surface area (TPSA) is 48.1 Å². The molecule has 0 aliphatic carbocycles. The molecule has 0 radical (unpaired) electrons. The minimum atomic E-state index is -0.0983. The van der Waals surface area contributed by atoms with Crippen molar-refractivity contribution in [1.29, 1.82) is 0 Å². The summed E-state index contributed by atoms with van der Waals surface area (Å²) in [6, 6.07) is 9.70. The lowest BCUT2D eigenvalue weighted by molar-refractivity contribution is 0.448. The minimum absolute atomic E-state index is 0.0983. The molecule has 0 spiro atoms. The van der Waals surface area contributed by atoms with Gasteiger partial charge in [-0.25, -0.2) is 4.98 Å². The highest BCUT2D eigenvalue weighted by Gasteiger charge is 2.11. The maximum absolute atomic E-state index is 5.92. The second kappa shape index (κ2) is 5.19. The number of ether oxygens (including phenoxy) is 1. The highest BCUT2D eigenvalue weighted by molar-refractivity contribution is 5.41. The first kappa shape index (κ1) is 12.6. The van der Waals surface area contributed by atoms with Crippen LogP contribution in [-0.4, -0.2) is 4.98 Å². The van der Waals surface area contributed by atoms with Gasteiger partial charge in [0.15, 0.2) is 0 Å². The molecular weight excluding hydrogens is 224 g/mol. The second-order valence-corrected chi connectivity index (χ2v) is 4.49. The zero-order valence-electron chi connectivity index (χ0n) is 11.0. The first-order valence-electron chi connectivity index (χ1n) is 6.04. The standard InChI is InChI=1S/C15H18N2O/c1-10-6-4-8-14(11(10)2)18-15-13(12(3)16)7-5-9-17-15/h4-9,12H,16H2,1-3H3/t12-/m1/s1. The number of rotatable bonds is 3. The normalized spacial score (nSPS) is 12.2. The fourth-order valence-corrected chi connectivity index (χ4v) is 1.77. The zero-order valence-corrected chi connectivity index (χ0v) is 11.0. The van der Waals surface area contributed by atoms with Crippen LogP contribution in [0.25, 0.3) is 0 Å². The van der Waals surface area contributed by atoms with Crippen molar-refractivity contribution in [3.63, 3.8) is 0 Å². The first-order valence-corrected chi connectivity index (χ1v) is 6.04. The average Bonchev–Trinajstić information content (AvgIpc) is 2.35. The molecule has 1 aromatic heterocycles. The van der Waals surface area contributed by atoms with E-state index in [1.165, 1.54) is 5.56 Å². The Balaban J connectivity index is 2.37. The van der Waals surface area contributed by atoms with Crippen molar-refractivity contribution >= 4 is 0 Å². The van der Waals surface area contributed by atoms with E-state index in [1.54, 1.807) is 6.20 Å². The molecule has 3 heteroatoms. The van der Waals surface area contributed by atoms with Crippen molar-refractivity contribution in [1.82, 2.24) is 4.98 Å². The van der Waals surface area contributed by atoms with Crippen LogP contribution in [0.5, 0.6) is 11.6 Å². The maximum Gasteiger partial charge on any atom is 0.223 e. The van der Waals surface area contributed by atoms with E-state index in [9.17, 15) is 0 Å². The molecule has 0 amide bonds. The van der Waals surface area contributed by atoms with Crippen molar-refractivity contribution in [2.75, 3.05) is 0 Å². The number of nitrogens with zero attached hydrogens (tertiary/aromatic N) is 1. The molecule has 0 aliphatic heterocycles. The van der Waals surface area contributed by atoms with Crippen LogP contribution in [0, 0.1) is 13.8 Å². The average molecular weight is 242 g/mol. The molecule has 18 heavy (non-hydrogen) atoms. The van der Waals surface area contributed by atoms with E-state index in [4.69, 9.17) is 10.5 Å². The summed E-state index contributed by atoms with van der Waals surface area (Å²) in [6.45, 7) is 6.03. The molecule has 0 fully saturated rings. The van der Waals surface area contributed by atoms with Crippen LogP contribution in [-0.2, 0) is 0 Å². The SMILES string of the molecule is Cc1cccc(Oc2ncccc2[C@@H](C)N)c1C. The minimum Gasteiger partial charge on any atom is -0.438 e. The third-order valence-electron chi connectivity index (χ3n) is 3.05. The third-order valence-corrected chi connectivity index (χ3v) is 3.05. The summed E-state index contributed by atoms with van der Waals surface area (Å²) >= 11 is 0. The Morgan fingerprint density at radius 2 is 1.94 bits per heavy atom. The highest BCUT2D eigenvalue weighted by atomic mass is 16.5. The van der Waals surface area contributed by atoms with Gasteiger partial charge in [-0.1, -0.05) is 18.2 Å². The summed E-state index contributed by atoms with van der Waals surface area (Å²) in [5, 5.41) is 0. The van der Waals surface area contributed by atoms with Crippen LogP contribution in [0.4, 0.5) is 0 Å². The largest absolute Gasteiger partial charge is 0.438 e. The molecule has 0 unspecified atom stereocenters. The first-order chi connectivity index (χ1) is 8.59. The number of aromatic nitrogens is 1. The Morgan fingerprint density at radius 3 is 2.67 bits per heavy atom. The summed E-state index contributed by atoms with van der Waals surface area (Å²) in [5.74, 6) is 1.41. The smallest absolute Gasteiger partial charge is 0.223 e. The lowest BCUT2D eigenvalue weighted by Crippen LogP contribution is -2.07. The Hall–Kier alpha value is -1.87. The van der Waals surface area contributed by atoms with Crippen LogP contribution in [0.3, 0.4) is 0 Å². The fourth-order valence-electron chi connectivity index (χ4n) is 1.77. The van der Waals surface area contributed by atoms with Gasteiger partial charge in [-0.2, -0.15) is 0 Å². The molecule has 0 aliphatic rings. The highest BCUT2D eigenvalue weighted by Crippen LogP contribution is 2.29. The van der Waals surface area contributed by atoms with E-state index in [-0.39, 0.29) is 6.04 Å². The van der Waals surface area contributed by atoms with Gasteiger partial charge in [0.05, 0.1) is 0 Å². The Kier molecular flexibility index (Phi) is 3.63. The van der Waals surface area contributed by atoms with E-state index >= 15 is 0 Å². The summed E-state index contributed by atoms with van der Waals surface area (Å²) in [6.07, 6.45) is 1.71. The van der Waals surface area contributed by atoms with E-state index in [0.29, 0.717) is 5.88 Å². The van der Waals surface area contributed by atoms with E-state index in [1.807, 2.05) is 38.1 Å². The molecule has 2 aromatic rings. The maximum atomic E-state index is 5.92. The van der Waals surface area contributed by atoms with Gasteiger partial charge in [0, 0.05) is 17.8 Å². The van der Waals surface area contributed by atoms with Gasteiger partial charge in [-0.05, 0) is 44.0 Å². The quantitative estimate of drug-likeness (QED) is 0.896. The van der Waals surface area contributed by atoms with Gasteiger partial charge in [0.1, 0.15) is 5.75 Å². The van der Waals surface area contributed by atoms with Gasteiger partial charge < -0.3 is 10.5 Å². The summed E-state index contributed by atoms with van der Waals surface area (Å²) in [7, 11) is 0. The fraction of sp³-hybridized carbons (Fsp3) is 0.267. The molecule has 0 saturated carbocycles. The van der Waals surface area contributed by atoms with Gasteiger partial charge in [0.25, 0.3) is 0 Å². The number of hydrogen-bond acceptors (Lipinski definition) is 3. The summed E-state index contributed by atoms with van der Waals surface area (Å²) in [4.78, 5) is 4.26. The second-order valence-electron chi connectivity index (χ2n) is 4.49. The predicted octanol–water partition coefficient (Wildman–Crippen LogP) is 3.51.